The Morgan fingerprint density at radius 2 is 1.88 bits per heavy atom. The van der Waals surface area contributed by atoms with Gasteiger partial charge in [0.2, 0.25) is 5.91 Å². The van der Waals surface area contributed by atoms with Gasteiger partial charge in [0.15, 0.2) is 0 Å². The smallest absolute Gasteiger partial charge is 0.307 e. The van der Waals surface area contributed by atoms with Crippen LogP contribution in [0.15, 0.2) is 0 Å². The Morgan fingerprint density at radius 3 is 2.35 bits per heavy atom. The summed E-state index contributed by atoms with van der Waals surface area (Å²) in [5.41, 5.74) is 0. The molecule has 2 N–H and O–H groups in total. The van der Waals surface area contributed by atoms with Crippen LogP contribution < -0.4 is 5.32 Å². The second kappa shape index (κ2) is 6.03. The summed E-state index contributed by atoms with van der Waals surface area (Å²) < 4.78 is 0. The van der Waals surface area contributed by atoms with E-state index >= 15 is 0 Å². The molecule has 98 valence electrons. The molecule has 0 bridgehead atoms. The zero-order chi connectivity index (χ0) is 13.0. The van der Waals surface area contributed by atoms with Crippen LogP contribution in [0.5, 0.6) is 0 Å². The number of hydrogen-bond donors (Lipinski definition) is 2. The molecule has 2 unspecified atom stereocenters. The molecule has 4 atom stereocenters. The quantitative estimate of drug-likeness (QED) is 0.774. The van der Waals surface area contributed by atoms with Crippen molar-refractivity contribution >= 4 is 11.9 Å². The van der Waals surface area contributed by atoms with Gasteiger partial charge in [0.25, 0.3) is 0 Å². The molecule has 0 spiro atoms. The van der Waals surface area contributed by atoms with E-state index in [2.05, 4.69) is 12.2 Å². The standard InChI is InChI=1S/C13H23NO3/c1-4-8(3)14-12(15)10-6-9(5-2)7-11(10)13(16)17/h8-11H,4-7H2,1-3H3,(H,14,15)(H,16,17)/t8?,9?,10-,11+/m0/s1. The topological polar surface area (TPSA) is 66.4 Å². The monoisotopic (exact) mass is 241 g/mol. The van der Waals surface area contributed by atoms with Crippen LogP contribution in [0.2, 0.25) is 0 Å². The fraction of sp³-hybridized carbons (Fsp3) is 0.846. The molecule has 0 aromatic rings. The van der Waals surface area contributed by atoms with Crippen LogP contribution in [-0.2, 0) is 9.59 Å². The maximum absolute atomic E-state index is 12.0. The molecule has 1 aliphatic rings. The Morgan fingerprint density at radius 1 is 1.29 bits per heavy atom. The number of aliphatic carboxylic acids is 1. The minimum atomic E-state index is -0.828. The van der Waals surface area contributed by atoms with Gasteiger partial charge < -0.3 is 10.4 Å². The van der Waals surface area contributed by atoms with Crippen LogP contribution in [0.4, 0.5) is 0 Å². The Labute approximate surface area is 103 Å². The average Bonchev–Trinajstić information content (AvgIpc) is 2.72. The summed E-state index contributed by atoms with van der Waals surface area (Å²) in [6.45, 7) is 6.00. The second-order valence-corrected chi connectivity index (χ2v) is 5.11. The minimum Gasteiger partial charge on any atom is -0.481 e. The second-order valence-electron chi connectivity index (χ2n) is 5.11. The lowest BCUT2D eigenvalue weighted by molar-refractivity contribution is -0.146. The summed E-state index contributed by atoms with van der Waals surface area (Å²) in [5.74, 6) is -1.37. The fourth-order valence-corrected chi connectivity index (χ4v) is 2.49. The van der Waals surface area contributed by atoms with E-state index in [0.717, 1.165) is 19.3 Å². The van der Waals surface area contributed by atoms with Gasteiger partial charge >= 0.3 is 5.97 Å². The predicted molar refractivity (Wildman–Crippen MR) is 65.5 cm³/mol. The van der Waals surface area contributed by atoms with E-state index in [1.807, 2.05) is 13.8 Å². The summed E-state index contributed by atoms with van der Waals surface area (Å²) in [4.78, 5) is 23.2. The zero-order valence-corrected chi connectivity index (χ0v) is 10.9. The van der Waals surface area contributed by atoms with E-state index in [0.29, 0.717) is 12.3 Å². The summed E-state index contributed by atoms with van der Waals surface area (Å²) in [6, 6.07) is 0.123. The van der Waals surface area contributed by atoms with E-state index in [4.69, 9.17) is 5.11 Å². The van der Waals surface area contributed by atoms with Gasteiger partial charge in [-0.1, -0.05) is 20.3 Å². The number of amides is 1. The highest BCUT2D eigenvalue weighted by Crippen LogP contribution is 2.38. The molecule has 1 saturated carbocycles. The summed E-state index contributed by atoms with van der Waals surface area (Å²) in [7, 11) is 0. The first-order valence-electron chi connectivity index (χ1n) is 6.52. The molecule has 4 nitrogen and oxygen atoms in total. The Bertz CT molecular complexity index is 290. The van der Waals surface area contributed by atoms with E-state index in [9.17, 15) is 9.59 Å². The van der Waals surface area contributed by atoms with E-state index in [1.165, 1.54) is 0 Å². The lowest BCUT2D eigenvalue weighted by Gasteiger charge is -2.18. The number of carbonyl (C=O) groups is 2. The number of carboxylic acid groups (broad SMARTS) is 1. The van der Waals surface area contributed by atoms with E-state index in [-0.39, 0.29) is 17.9 Å². The molecular weight excluding hydrogens is 218 g/mol. The molecule has 0 saturated heterocycles. The average molecular weight is 241 g/mol. The zero-order valence-electron chi connectivity index (χ0n) is 10.9. The van der Waals surface area contributed by atoms with Crippen molar-refractivity contribution in [3.05, 3.63) is 0 Å². The van der Waals surface area contributed by atoms with Crippen LogP contribution in [0, 0.1) is 17.8 Å². The lowest BCUT2D eigenvalue weighted by Crippen LogP contribution is -2.39. The molecule has 17 heavy (non-hydrogen) atoms. The molecular formula is C13H23NO3. The molecule has 0 aliphatic heterocycles. The van der Waals surface area contributed by atoms with Gasteiger partial charge in [0, 0.05) is 6.04 Å². The van der Waals surface area contributed by atoms with Gasteiger partial charge in [-0.25, -0.2) is 0 Å². The first-order valence-corrected chi connectivity index (χ1v) is 6.52. The van der Waals surface area contributed by atoms with E-state index < -0.39 is 11.9 Å². The third-order valence-electron chi connectivity index (χ3n) is 3.89. The first-order chi connectivity index (χ1) is 7.99. The normalized spacial score (nSPS) is 29.9. The van der Waals surface area contributed by atoms with Gasteiger partial charge in [-0.15, -0.1) is 0 Å². The molecule has 0 aromatic carbocycles. The SMILES string of the molecule is CCC1C[C@H](C(=O)NC(C)CC)[C@H](C(=O)O)C1. The van der Waals surface area contributed by atoms with Crippen LogP contribution in [0.25, 0.3) is 0 Å². The molecule has 0 radical (unpaired) electrons. The number of carbonyl (C=O) groups excluding carboxylic acids is 1. The lowest BCUT2D eigenvalue weighted by atomic mass is 9.95. The van der Waals surface area contributed by atoms with Gasteiger partial charge in [-0.3, -0.25) is 9.59 Å². The highest BCUT2D eigenvalue weighted by atomic mass is 16.4. The maximum Gasteiger partial charge on any atom is 0.307 e. The molecule has 0 heterocycles. The Hall–Kier alpha value is -1.06. The van der Waals surface area contributed by atoms with Gasteiger partial charge in [-0.05, 0) is 32.1 Å². The highest BCUT2D eigenvalue weighted by molar-refractivity contribution is 5.85. The number of nitrogens with one attached hydrogen (secondary N) is 1. The number of carboxylic acids is 1. The van der Waals surface area contributed by atoms with Crippen molar-refractivity contribution in [2.24, 2.45) is 17.8 Å². The largest absolute Gasteiger partial charge is 0.481 e. The van der Waals surface area contributed by atoms with Crippen molar-refractivity contribution in [2.45, 2.75) is 52.5 Å². The van der Waals surface area contributed by atoms with Crippen molar-refractivity contribution in [3.8, 4) is 0 Å². The molecule has 1 fully saturated rings. The van der Waals surface area contributed by atoms with Gasteiger partial charge in [0.05, 0.1) is 11.8 Å². The summed E-state index contributed by atoms with van der Waals surface area (Å²) in [6.07, 6.45) is 3.18. The van der Waals surface area contributed by atoms with Crippen molar-refractivity contribution in [3.63, 3.8) is 0 Å². The summed E-state index contributed by atoms with van der Waals surface area (Å²) in [5, 5.41) is 12.1. The fourth-order valence-electron chi connectivity index (χ4n) is 2.49. The molecule has 1 aliphatic carbocycles. The van der Waals surface area contributed by atoms with Crippen molar-refractivity contribution < 1.29 is 14.7 Å². The van der Waals surface area contributed by atoms with Crippen LogP contribution >= 0.6 is 0 Å². The van der Waals surface area contributed by atoms with Gasteiger partial charge in [-0.2, -0.15) is 0 Å². The minimum absolute atomic E-state index is 0.0808. The Balaban J connectivity index is 2.66. The molecule has 4 heteroatoms. The van der Waals surface area contributed by atoms with Crippen LogP contribution in [-0.4, -0.2) is 23.0 Å². The molecule has 1 amide bonds. The first kappa shape index (κ1) is 14.0. The van der Waals surface area contributed by atoms with E-state index in [1.54, 1.807) is 0 Å². The predicted octanol–water partition coefficient (Wildman–Crippen LogP) is 2.04. The Kier molecular flexibility index (Phi) is 4.97. The van der Waals surface area contributed by atoms with Gasteiger partial charge in [0.1, 0.15) is 0 Å². The number of rotatable bonds is 5. The summed E-state index contributed by atoms with van der Waals surface area (Å²) >= 11 is 0. The van der Waals surface area contributed by atoms with Crippen molar-refractivity contribution in [1.82, 2.24) is 5.32 Å². The van der Waals surface area contributed by atoms with Crippen LogP contribution in [0.1, 0.15) is 46.5 Å². The van der Waals surface area contributed by atoms with Crippen molar-refractivity contribution in [1.29, 1.82) is 0 Å². The maximum atomic E-state index is 12.0. The molecule has 0 aromatic heterocycles. The molecule has 1 rings (SSSR count). The van der Waals surface area contributed by atoms with Crippen molar-refractivity contribution in [2.75, 3.05) is 0 Å². The number of hydrogen-bond acceptors (Lipinski definition) is 2. The highest BCUT2D eigenvalue weighted by Gasteiger charge is 2.42. The third-order valence-corrected chi connectivity index (χ3v) is 3.89. The van der Waals surface area contributed by atoms with Crippen LogP contribution in [0.3, 0.4) is 0 Å². The third kappa shape index (κ3) is 3.45.